The van der Waals surface area contributed by atoms with E-state index in [1.54, 1.807) is 0 Å². The van der Waals surface area contributed by atoms with Gasteiger partial charge in [0.2, 0.25) is 5.91 Å². The minimum atomic E-state index is -0.255. The molecule has 0 bridgehead atoms. The molecular formula is C10H19ClN2O4S. The fourth-order valence-corrected chi connectivity index (χ4v) is 1.99. The molecule has 0 radical (unpaired) electrons. The van der Waals surface area contributed by atoms with Gasteiger partial charge in [-0.15, -0.1) is 24.2 Å². The molecule has 0 aromatic heterocycles. The average molecular weight is 299 g/mol. The largest absolute Gasteiger partial charge is 0.468 e. The molecule has 1 amide bonds. The first kappa shape index (κ1) is 17.5. The van der Waals surface area contributed by atoms with Gasteiger partial charge < -0.3 is 20.1 Å². The number of hydrogen-bond acceptors (Lipinski definition) is 6. The van der Waals surface area contributed by atoms with Gasteiger partial charge in [0.05, 0.1) is 26.1 Å². The summed E-state index contributed by atoms with van der Waals surface area (Å²) in [6.45, 7) is 2.31. The van der Waals surface area contributed by atoms with E-state index in [1.807, 2.05) is 0 Å². The zero-order valence-electron chi connectivity index (χ0n) is 10.3. The van der Waals surface area contributed by atoms with E-state index in [0.29, 0.717) is 37.8 Å². The highest BCUT2D eigenvalue weighted by atomic mass is 35.5. The maximum Gasteiger partial charge on any atom is 0.315 e. The number of halogens is 1. The van der Waals surface area contributed by atoms with Crippen LogP contribution in [0.1, 0.15) is 0 Å². The molecule has 1 aliphatic rings. The van der Waals surface area contributed by atoms with Crippen molar-refractivity contribution >= 4 is 36.0 Å². The first-order valence-corrected chi connectivity index (χ1v) is 6.63. The third-order valence-electron chi connectivity index (χ3n) is 2.23. The Labute approximate surface area is 117 Å². The van der Waals surface area contributed by atoms with Crippen LogP contribution in [0.15, 0.2) is 0 Å². The number of nitrogens with one attached hydrogen (secondary N) is 2. The molecule has 0 aromatic rings. The van der Waals surface area contributed by atoms with Crippen molar-refractivity contribution < 1.29 is 19.1 Å². The van der Waals surface area contributed by atoms with E-state index < -0.39 is 0 Å². The van der Waals surface area contributed by atoms with Gasteiger partial charge in [-0.3, -0.25) is 9.59 Å². The van der Waals surface area contributed by atoms with E-state index in [4.69, 9.17) is 4.74 Å². The Kier molecular flexibility index (Phi) is 10.1. The van der Waals surface area contributed by atoms with E-state index in [9.17, 15) is 9.59 Å². The number of amides is 1. The lowest BCUT2D eigenvalue weighted by molar-refractivity contribution is -0.137. The van der Waals surface area contributed by atoms with Crippen molar-refractivity contribution in [3.05, 3.63) is 0 Å². The molecule has 1 atom stereocenters. The molecule has 1 fully saturated rings. The third kappa shape index (κ3) is 7.05. The van der Waals surface area contributed by atoms with Crippen molar-refractivity contribution in [1.82, 2.24) is 10.6 Å². The summed E-state index contributed by atoms with van der Waals surface area (Å²) in [4.78, 5) is 22.4. The Morgan fingerprint density at radius 2 is 2.33 bits per heavy atom. The van der Waals surface area contributed by atoms with Crippen LogP contribution in [0.4, 0.5) is 0 Å². The third-order valence-corrected chi connectivity index (χ3v) is 3.16. The smallest absolute Gasteiger partial charge is 0.315 e. The summed E-state index contributed by atoms with van der Waals surface area (Å²) in [5.41, 5.74) is 0. The molecular weight excluding hydrogens is 280 g/mol. The number of thioether (sulfide) groups is 1. The second-order valence-corrected chi connectivity index (χ2v) is 4.61. The molecule has 2 N–H and O–H groups in total. The van der Waals surface area contributed by atoms with E-state index in [1.165, 1.54) is 18.9 Å². The number of carbonyl (C=O) groups is 2. The Bertz CT molecular complexity index is 262. The Morgan fingerprint density at radius 3 is 2.94 bits per heavy atom. The maximum atomic E-state index is 11.6. The molecule has 1 saturated heterocycles. The predicted molar refractivity (Wildman–Crippen MR) is 72.2 cm³/mol. The molecule has 106 valence electrons. The summed E-state index contributed by atoms with van der Waals surface area (Å²) < 4.78 is 9.69. The van der Waals surface area contributed by atoms with Crippen LogP contribution in [0.3, 0.4) is 0 Å². The summed E-state index contributed by atoms with van der Waals surface area (Å²) >= 11 is 1.43. The van der Waals surface area contributed by atoms with Crippen LogP contribution in [0, 0.1) is 0 Å². The van der Waals surface area contributed by atoms with Gasteiger partial charge in [-0.2, -0.15) is 0 Å². The number of carbonyl (C=O) groups excluding carboxylic acids is 2. The van der Waals surface area contributed by atoms with E-state index in [0.717, 1.165) is 0 Å². The summed E-state index contributed by atoms with van der Waals surface area (Å²) in [5, 5.41) is 5.86. The van der Waals surface area contributed by atoms with Gasteiger partial charge >= 0.3 is 5.97 Å². The molecule has 0 aliphatic carbocycles. The lowest BCUT2D eigenvalue weighted by atomic mass is 10.2. The van der Waals surface area contributed by atoms with E-state index in [2.05, 4.69) is 15.4 Å². The quantitative estimate of drug-likeness (QED) is 0.505. The van der Waals surface area contributed by atoms with Gasteiger partial charge in [-0.1, -0.05) is 0 Å². The van der Waals surface area contributed by atoms with E-state index >= 15 is 0 Å². The van der Waals surface area contributed by atoms with Gasteiger partial charge in [0, 0.05) is 18.8 Å². The number of methoxy groups -OCH3 is 1. The predicted octanol–water partition coefficient (Wildman–Crippen LogP) is -0.581. The lowest BCUT2D eigenvalue weighted by Gasteiger charge is -2.22. The number of morpholine rings is 1. The van der Waals surface area contributed by atoms with Crippen LogP contribution in [0.5, 0.6) is 0 Å². The Hall–Kier alpha value is -0.500. The van der Waals surface area contributed by atoms with Crippen molar-refractivity contribution in [2.24, 2.45) is 0 Å². The van der Waals surface area contributed by atoms with Crippen LogP contribution in [-0.4, -0.2) is 62.8 Å². The zero-order valence-corrected chi connectivity index (χ0v) is 11.9. The van der Waals surface area contributed by atoms with Crippen LogP contribution in [0.2, 0.25) is 0 Å². The molecule has 1 rings (SSSR count). The highest BCUT2D eigenvalue weighted by Crippen LogP contribution is 1.99. The normalized spacial score (nSPS) is 18.6. The first-order valence-electron chi connectivity index (χ1n) is 5.47. The highest BCUT2D eigenvalue weighted by molar-refractivity contribution is 7.99. The minimum absolute atomic E-state index is 0. The molecule has 0 aromatic carbocycles. The van der Waals surface area contributed by atoms with Gasteiger partial charge in [0.15, 0.2) is 0 Å². The zero-order chi connectivity index (χ0) is 12.5. The van der Waals surface area contributed by atoms with Gasteiger partial charge in [-0.25, -0.2) is 0 Å². The molecule has 0 spiro atoms. The summed E-state index contributed by atoms with van der Waals surface area (Å²) in [7, 11) is 1.36. The monoisotopic (exact) mass is 298 g/mol. The first-order chi connectivity index (χ1) is 8.24. The average Bonchev–Trinajstić information content (AvgIpc) is 2.38. The van der Waals surface area contributed by atoms with Crippen molar-refractivity contribution in [2.75, 3.05) is 44.9 Å². The summed E-state index contributed by atoms with van der Waals surface area (Å²) in [6, 6.07) is -0.255. The van der Waals surface area contributed by atoms with Crippen LogP contribution in [-0.2, 0) is 19.1 Å². The van der Waals surface area contributed by atoms with Crippen molar-refractivity contribution in [3.63, 3.8) is 0 Å². The Balaban J connectivity index is 0.00000289. The molecule has 18 heavy (non-hydrogen) atoms. The van der Waals surface area contributed by atoms with Crippen LogP contribution >= 0.6 is 24.2 Å². The molecule has 1 heterocycles. The molecule has 6 nitrogen and oxygen atoms in total. The standard InChI is InChI=1S/C10H18N2O4S.ClH/c1-15-9(13)7-17-5-3-12-10(14)8-6-16-4-2-11-8;/h8,11H,2-7H2,1H3,(H,12,14);1H. The topological polar surface area (TPSA) is 76.7 Å². The molecule has 1 unspecified atom stereocenters. The van der Waals surface area contributed by atoms with E-state index in [-0.39, 0.29) is 30.3 Å². The highest BCUT2D eigenvalue weighted by Gasteiger charge is 2.20. The number of rotatable bonds is 6. The second kappa shape index (κ2) is 10.4. The summed E-state index contributed by atoms with van der Waals surface area (Å²) in [5.74, 6) is 0.706. The van der Waals surface area contributed by atoms with Gasteiger partial charge in [-0.05, 0) is 0 Å². The SMILES string of the molecule is COC(=O)CSCCNC(=O)C1COCCN1.Cl. The molecule has 0 saturated carbocycles. The lowest BCUT2D eigenvalue weighted by Crippen LogP contribution is -2.51. The number of ether oxygens (including phenoxy) is 2. The van der Waals surface area contributed by atoms with Crippen molar-refractivity contribution in [3.8, 4) is 0 Å². The molecule has 1 aliphatic heterocycles. The van der Waals surface area contributed by atoms with Crippen LogP contribution in [0.25, 0.3) is 0 Å². The van der Waals surface area contributed by atoms with Gasteiger partial charge in [0.25, 0.3) is 0 Å². The van der Waals surface area contributed by atoms with Gasteiger partial charge in [0.1, 0.15) is 6.04 Å². The molecule has 8 heteroatoms. The second-order valence-electron chi connectivity index (χ2n) is 3.50. The van der Waals surface area contributed by atoms with Crippen LogP contribution < -0.4 is 10.6 Å². The minimum Gasteiger partial charge on any atom is -0.468 e. The Morgan fingerprint density at radius 1 is 1.56 bits per heavy atom. The fourth-order valence-electron chi connectivity index (χ4n) is 1.32. The van der Waals surface area contributed by atoms with Crippen molar-refractivity contribution in [2.45, 2.75) is 6.04 Å². The summed E-state index contributed by atoms with van der Waals surface area (Å²) in [6.07, 6.45) is 0. The maximum absolute atomic E-state index is 11.6. The van der Waals surface area contributed by atoms with Crippen molar-refractivity contribution in [1.29, 1.82) is 0 Å². The number of hydrogen-bond donors (Lipinski definition) is 2. The number of esters is 1. The fraction of sp³-hybridized carbons (Fsp3) is 0.800.